The predicted molar refractivity (Wildman–Crippen MR) is 49.8 cm³/mol. The van der Waals surface area contributed by atoms with Gasteiger partial charge in [0.05, 0.1) is 6.54 Å². The first-order valence-electron chi connectivity index (χ1n) is 4.48. The third kappa shape index (κ3) is 7.50. The molecule has 0 aromatic carbocycles. The molecule has 0 spiro atoms. The molecule has 0 aliphatic carbocycles. The molecular weight excluding hydrogens is 154 g/mol. The maximum Gasteiger partial charge on any atom is 0.233 e. The zero-order chi connectivity index (χ0) is 9.23. The number of hydrogen-bond acceptors (Lipinski definition) is 3. The van der Waals surface area contributed by atoms with Crippen LogP contribution in [0.3, 0.4) is 0 Å². The second-order valence-corrected chi connectivity index (χ2v) is 2.67. The lowest BCUT2D eigenvalue weighted by molar-refractivity contribution is -0.120. The third-order valence-electron chi connectivity index (χ3n) is 1.42. The summed E-state index contributed by atoms with van der Waals surface area (Å²) in [6.07, 6.45) is 1.90. The lowest BCUT2D eigenvalue weighted by atomic mass is 10.4. The van der Waals surface area contributed by atoms with Crippen molar-refractivity contribution in [1.29, 1.82) is 0 Å². The Morgan fingerprint density at radius 2 is 2.17 bits per heavy atom. The molecule has 72 valence electrons. The third-order valence-corrected chi connectivity index (χ3v) is 1.42. The van der Waals surface area contributed by atoms with Gasteiger partial charge in [-0.3, -0.25) is 4.79 Å². The van der Waals surface area contributed by atoms with E-state index in [2.05, 4.69) is 17.6 Å². The second kappa shape index (κ2) is 8.49. The maximum atomic E-state index is 11.0. The molecule has 1 amide bonds. The quantitative estimate of drug-likeness (QED) is 0.453. The Morgan fingerprint density at radius 1 is 1.42 bits per heavy atom. The fourth-order valence-electron chi connectivity index (χ4n) is 0.771. The van der Waals surface area contributed by atoms with Gasteiger partial charge in [-0.2, -0.15) is 0 Å². The molecule has 0 aliphatic heterocycles. The minimum atomic E-state index is 0.0527. The molecule has 0 aromatic heterocycles. The highest BCUT2D eigenvalue weighted by Gasteiger charge is 1.97. The Bertz CT molecular complexity index is 105. The first-order chi connectivity index (χ1) is 5.81. The maximum absolute atomic E-state index is 11.0. The first kappa shape index (κ1) is 11.4. The van der Waals surface area contributed by atoms with E-state index in [9.17, 15) is 4.79 Å². The summed E-state index contributed by atoms with van der Waals surface area (Å²) >= 11 is 0. The Labute approximate surface area is 73.9 Å². The smallest absolute Gasteiger partial charge is 0.233 e. The van der Waals surface area contributed by atoms with E-state index in [0.29, 0.717) is 19.6 Å². The van der Waals surface area contributed by atoms with E-state index < -0.39 is 0 Å². The summed E-state index contributed by atoms with van der Waals surface area (Å²) in [4.78, 5) is 11.0. The molecule has 0 radical (unpaired) electrons. The molecule has 0 aliphatic rings. The lowest BCUT2D eigenvalue weighted by Gasteiger charge is -2.04. The van der Waals surface area contributed by atoms with Crippen molar-refractivity contribution in [3.63, 3.8) is 0 Å². The van der Waals surface area contributed by atoms with Gasteiger partial charge in [-0.15, -0.1) is 0 Å². The number of carbonyl (C=O) groups is 1. The molecule has 0 saturated heterocycles. The molecule has 0 unspecified atom stereocenters. The summed E-state index contributed by atoms with van der Waals surface area (Å²) in [7, 11) is 0. The summed E-state index contributed by atoms with van der Waals surface area (Å²) in [6, 6.07) is 0. The molecule has 0 atom stereocenters. The van der Waals surface area contributed by atoms with Crippen LogP contribution in [0.15, 0.2) is 0 Å². The summed E-state index contributed by atoms with van der Waals surface area (Å²) in [5.74, 6) is 0.0527. The van der Waals surface area contributed by atoms with Gasteiger partial charge in [0.2, 0.25) is 5.91 Å². The van der Waals surface area contributed by atoms with E-state index in [1.54, 1.807) is 0 Å². The van der Waals surface area contributed by atoms with Gasteiger partial charge < -0.3 is 16.4 Å². The van der Waals surface area contributed by atoms with Crippen LogP contribution in [-0.2, 0) is 4.79 Å². The zero-order valence-electron chi connectivity index (χ0n) is 7.73. The van der Waals surface area contributed by atoms with E-state index in [-0.39, 0.29) is 5.91 Å². The second-order valence-electron chi connectivity index (χ2n) is 2.67. The first-order valence-corrected chi connectivity index (χ1v) is 4.48. The molecule has 0 rings (SSSR count). The fourth-order valence-corrected chi connectivity index (χ4v) is 0.771. The van der Waals surface area contributed by atoms with Crippen LogP contribution in [0.25, 0.3) is 0 Å². The molecule has 4 N–H and O–H groups in total. The number of nitrogens with one attached hydrogen (secondary N) is 2. The van der Waals surface area contributed by atoms with Crippen LogP contribution in [0.1, 0.15) is 19.8 Å². The van der Waals surface area contributed by atoms with E-state index in [1.165, 1.54) is 0 Å². The summed E-state index contributed by atoms with van der Waals surface area (Å²) in [5, 5.41) is 5.78. The number of hydrogen-bond donors (Lipinski definition) is 3. The lowest BCUT2D eigenvalue weighted by Crippen LogP contribution is -2.35. The van der Waals surface area contributed by atoms with Gasteiger partial charge in [0, 0.05) is 6.54 Å². The molecule has 0 saturated carbocycles. The molecule has 4 heteroatoms. The Kier molecular flexibility index (Phi) is 8.05. The molecular formula is C8H19N3O. The monoisotopic (exact) mass is 173 g/mol. The van der Waals surface area contributed by atoms with E-state index in [1.807, 2.05) is 0 Å². The van der Waals surface area contributed by atoms with Gasteiger partial charge in [-0.05, 0) is 25.9 Å². The summed E-state index contributed by atoms with van der Waals surface area (Å²) in [6.45, 7) is 4.69. The molecule has 4 nitrogen and oxygen atoms in total. The van der Waals surface area contributed by atoms with Crippen LogP contribution in [0.2, 0.25) is 0 Å². The van der Waals surface area contributed by atoms with Gasteiger partial charge >= 0.3 is 0 Å². The van der Waals surface area contributed by atoms with Crippen molar-refractivity contribution < 1.29 is 4.79 Å². The van der Waals surface area contributed by atoms with Crippen LogP contribution >= 0.6 is 0 Å². The number of nitrogens with two attached hydrogens (primary N) is 1. The van der Waals surface area contributed by atoms with E-state index >= 15 is 0 Å². The number of amides is 1. The van der Waals surface area contributed by atoms with E-state index in [4.69, 9.17) is 5.73 Å². The van der Waals surface area contributed by atoms with Gasteiger partial charge in [0.15, 0.2) is 0 Å². The van der Waals surface area contributed by atoms with Crippen LogP contribution in [0.5, 0.6) is 0 Å². The minimum Gasteiger partial charge on any atom is -0.355 e. The van der Waals surface area contributed by atoms with Crippen molar-refractivity contribution in [2.45, 2.75) is 19.8 Å². The summed E-state index contributed by atoms with van der Waals surface area (Å²) in [5.41, 5.74) is 5.27. The van der Waals surface area contributed by atoms with Gasteiger partial charge in [0.25, 0.3) is 0 Å². The molecule has 0 aromatic rings. The highest BCUT2D eigenvalue weighted by atomic mass is 16.1. The van der Waals surface area contributed by atoms with E-state index in [0.717, 1.165) is 19.4 Å². The highest BCUT2D eigenvalue weighted by Crippen LogP contribution is 1.72. The van der Waals surface area contributed by atoms with Crippen molar-refractivity contribution in [2.24, 2.45) is 5.73 Å². The topological polar surface area (TPSA) is 67.2 Å². The van der Waals surface area contributed by atoms with Crippen LogP contribution < -0.4 is 16.4 Å². The molecule has 0 bridgehead atoms. The highest BCUT2D eigenvalue weighted by molar-refractivity contribution is 5.77. The van der Waals surface area contributed by atoms with Crippen molar-refractivity contribution >= 4 is 5.91 Å². The average Bonchev–Trinajstić information content (AvgIpc) is 2.06. The fraction of sp³-hybridized carbons (Fsp3) is 0.875. The van der Waals surface area contributed by atoms with Crippen molar-refractivity contribution in [3.05, 3.63) is 0 Å². The van der Waals surface area contributed by atoms with Crippen LogP contribution in [-0.4, -0.2) is 32.1 Å². The van der Waals surface area contributed by atoms with Crippen molar-refractivity contribution in [1.82, 2.24) is 10.6 Å². The molecule has 0 fully saturated rings. The SMILES string of the molecule is CCCNCC(=O)NCCCN. The predicted octanol–water partition coefficient (Wildman–Crippen LogP) is -0.549. The van der Waals surface area contributed by atoms with Gasteiger partial charge in [-0.1, -0.05) is 6.92 Å². The van der Waals surface area contributed by atoms with Crippen LogP contribution in [0.4, 0.5) is 0 Å². The van der Waals surface area contributed by atoms with Gasteiger partial charge in [0.1, 0.15) is 0 Å². The molecule has 0 heterocycles. The Hall–Kier alpha value is -0.610. The van der Waals surface area contributed by atoms with Crippen molar-refractivity contribution in [2.75, 3.05) is 26.2 Å². The minimum absolute atomic E-state index is 0.0527. The van der Waals surface area contributed by atoms with Crippen molar-refractivity contribution in [3.8, 4) is 0 Å². The number of carbonyl (C=O) groups excluding carboxylic acids is 1. The standard InChI is InChI=1S/C8H19N3O/c1-2-5-10-7-8(12)11-6-3-4-9/h10H,2-7,9H2,1H3,(H,11,12). The van der Waals surface area contributed by atoms with Crippen LogP contribution in [0, 0.1) is 0 Å². The normalized spacial score (nSPS) is 9.83. The van der Waals surface area contributed by atoms with Gasteiger partial charge in [-0.25, -0.2) is 0 Å². The Balaban J connectivity index is 3.10. The Morgan fingerprint density at radius 3 is 2.75 bits per heavy atom. The number of rotatable bonds is 7. The molecule has 12 heavy (non-hydrogen) atoms. The largest absolute Gasteiger partial charge is 0.355 e. The zero-order valence-corrected chi connectivity index (χ0v) is 7.73. The average molecular weight is 173 g/mol. The summed E-state index contributed by atoms with van der Waals surface area (Å²) < 4.78 is 0.